The maximum Gasteiger partial charge on any atom is 0.269 e. The number of carbonyl (C=O) groups is 1. The number of hydrogen-bond donors (Lipinski definition) is 1. The summed E-state index contributed by atoms with van der Waals surface area (Å²) in [5.41, 5.74) is 8.65. The largest absolute Gasteiger partial charge is 0.364 e. The minimum Gasteiger partial charge on any atom is -0.364 e. The summed E-state index contributed by atoms with van der Waals surface area (Å²) >= 11 is 6.14. The van der Waals surface area contributed by atoms with Crippen LogP contribution in [0.5, 0.6) is 0 Å². The summed E-state index contributed by atoms with van der Waals surface area (Å²) in [5, 5.41) is 18.5. The van der Waals surface area contributed by atoms with E-state index in [1.54, 1.807) is 16.8 Å². The first-order valence-electron chi connectivity index (χ1n) is 10.2. The Morgan fingerprint density at radius 3 is 2.90 bits per heavy atom. The van der Waals surface area contributed by atoms with Crippen molar-refractivity contribution in [3.8, 4) is 17.3 Å². The summed E-state index contributed by atoms with van der Waals surface area (Å²) in [4.78, 5) is 12.0. The SMILES string of the molecule is C[C@H](Cn1ccc(-c2ccc(C#N)c(Cl)c2)n1)c1cn(C2CCCCO2)nc1C(N)=O. The smallest absolute Gasteiger partial charge is 0.269 e. The zero-order valence-corrected chi connectivity index (χ0v) is 17.9. The van der Waals surface area contributed by atoms with Gasteiger partial charge in [-0.3, -0.25) is 9.48 Å². The molecule has 3 heterocycles. The molecule has 1 aliphatic rings. The number of primary amides is 1. The van der Waals surface area contributed by atoms with Crippen molar-refractivity contribution in [3.05, 3.63) is 58.5 Å². The van der Waals surface area contributed by atoms with Crippen molar-refractivity contribution in [2.24, 2.45) is 5.73 Å². The van der Waals surface area contributed by atoms with Gasteiger partial charge in [0, 0.05) is 42.6 Å². The topological polar surface area (TPSA) is 112 Å². The quantitative estimate of drug-likeness (QED) is 0.627. The molecule has 1 saturated heterocycles. The Bertz CT molecular complexity index is 1140. The highest BCUT2D eigenvalue weighted by Crippen LogP contribution is 2.28. The molecule has 8 nitrogen and oxygen atoms in total. The van der Waals surface area contributed by atoms with Gasteiger partial charge in [-0.15, -0.1) is 0 Å². The minimum absolute atomic E-state index is 0.0443. The standard InChI is InChI=1S/C22H23ClN6O2/c1-14(17-13-29(27-21(17)22(25)30)20-4-2-3-9-31-20)12-28-8-7-19(26-28)15-5-6-16(11-24)18(23)10-15/h5-8,10,13-14,20H,2-4,9,12H2,1H3,(H2,25,30)/t14-,20?/m1/s1. The van der Waals surface area contributed by atoms with E-state index in [2.05, 4.69) is 16.3 Å². The highest BCUT2D eigenvalue weighted by molar-refractivity contribution is 6.32. The first-order valence-corrected chi connectivity index (χ1v) is 10.6. The predicted octanol–water partition coefficient (Wildman–Crippen LogP) is 3.87. The second-order valence-corrected chi connectivity index (χ2v) is 8.14. The van der Waals surface area contributed by atoms with E-state index in [0.29, 0.717) is 23.7 Å². The van der Waals surface area contributed by atoms with Gasteiger partial charge in [-0.1, -0.05) is 24.6 Å². The molecule has 2 aromatic heterocycles. The van der Waals surface area contributed by atoms with E-state index in [9.17, 15) is 4.79 Å². The lowest BCUT2D eigenvalue weighted by Crippen LogP contribution is -2.20. The molecule has 1 unspecified atom stereocenters. The van der Waals surface area contributed by atoms with Crippen molar-refractivity contribution in [1.82, 2.24) is 19.6 Å². The zero-order valence-electron chi connectivity index (χ0n) is 17.2. The van der Waals surface area contributed by atoms with Gasteiger partial charge in [0.1, 0.15) is 12.3 Å². The van der Waals surface area contributed by atoms with Gasteiger partial charge in [0.05, 0.1) is 16.3 Å². The predicted molar refractivity (Wildman–Crippen MR) is 115 cm³/mol. The van der Waals surface area contributed by atoms with Crippen molar-refractivity contribution in [1.29, 1.82) is 5.26 Å². The molecule has 0 aliphatic carbocycles. The Morgan fingerprint density at radius 2 is 2.23 bits per heavy atom. The molecule has 0 radical (unpaired) electrons. The van der Waals surface area contributed by atoms with E-state index in [1.807, 2.05) is 36.1 Å². The van der Waals surface area contributed by atoms with Crippen LogP contribution in [-0.4, -0.2) is 32.1 Å². The fourth-order valence-corrected chi connectivity index (χ4v) is 4.02. The van der Waals surface area contributed by atoms with Gasteiger partial charge in [-0.2, -0.15) is 15.5 Å². The maximum atomic E-state index is 12.0. The molecule has 9 heteroatoms. The number of carbonyl (C=O) groups excluding carboxylic acids is 1. The van der Waals surface area contributed by atoms with Gasteiger partial charge in [-0.05, 0) is 37.5 Å². The van der Waals surface area contributed by atoms with Gasteiger partial charge in [0.15, 0.2) is 5.69 Å². The third kappa shape index (κ3) is 4.48. The fourth-order valence-electron chi connectivity index (χ4n) is 3.80. The number of amides is 1. The molecule has 4 rings (SSSR count). The molecular formula is C22H23ClN6O2. The van der Waals surface area contributed by atoms with Crippen molar-refractivity contribution >= 4 is 17.5 Å². The zero-order chi connectivity index (χ0) is 22.0. The molecule has 0 spiro atoms. The second-order valence-electron chi connectivity index (χ2n) is 7.73. The third-order valence-corrected chi connectivity index (χ3v) is 5.77. The summed E-state index contributed by atoms with van der Waals surface area (Å²) < 4.78 is 9.32. The molecule has 2 atom stereocenters. The molecule has 0 bridgehead atoms. The average molecular weight is 439 g/mol. The van der Waals surface area contributed by atoms with Crippen molar-refractivity contribution in [2.75, 3.05) is 6.61 Å². The number of halogens is 1. The van der Waals surface area contributed by atoms with E-state index < -0.39 is 5.91 Å². The van der Waals surface area contributed by atoms with Crippen LogP contribution in [0.15, 0.2) is 36.7 Å². The lowest BCUT2D eigenvalue weighted by molar-refractivity contribution is -0.0396. The fraction of sp³-hybridized carbons (Fsp3) is 0.364. The minimum atomic E-state index is -0.551. The number of hydrogen-bond acceptors (Lipinski definition) is 5. The highest BCUT2D eigenvalue weighted by Gasteiger charge is 2.24. The molecule has 1 amide bonds. The number of nitriles is 1. The molecule has 1 aromatic carbocycles. The normalized spacial score (nSPS) is 17.3. The first kappa shape index (κ1) is 21.1. The second kappa shape index (κ2) is 8.92. The molecule has 3 aromatic rings. The Morgan fingerprint density at radius 1 is 1.39 bits per heavy atom. The number of benzene rings is 1. The van der Waals surface area contributed by atoms with Crippen molar-refractivity contribution in [2.45, 2.75) is 44.9 Å². The van der Waals surface area contributed by atoms with Crippen molar-refractivity contribution < 1.29 is 9.53 Å². The molecule has 0 saturated carbocycles. The van der Waals surface area contributed by atoms with Gasteiger partial charge >= 0.3 is 0 Å². The van der Waals surface area contributed by atoms with Crippen LogP contribution in [0, 0.1) is 11.3 Å². The van der Waals surface area contributed by atoms with Crippen LogP contribution >= 0.6 is 11.6 Å². The van der Waals surface area contributed by atoms with E-state index in [1.165, 1.54) is 0 Å². The molecule has 2 N–H and O–H groups in total. The number of aromatic nitrogens is 4. The average Bonchev–Trinajstić information content (AvgIpc) is 3.42. The summed E-state index contributed by atoms with van der Waals surface area (Å²) in [7, 11) is 0. The van der Waals surface area contributed by atoms with Gasteiger partial charge in [0.2, 0.25) is 0 Å². The van der Waals surface area contributed by atoms with Gasteiger partial charge < -0.3 is 10.5 Å². The van der Waals surface area contributed by atoms with Crippen LogP contribution in [0.2, 0.25) is 5.02 Å². The van der Waals surface area contributed by atoms with Crippen molar-refractivity contribution in [3.63, 3.8) is 0 Å². The van der Waals surface area contributed by atoms with Crippen LogP contribution in [0.1, 0.15) is 59.9 Å². The molecule has 1 fully saturated rings. The summed E-state index contributed by atoms with van der Waals surface area (Å²) in [6, 6.07) is 9.17. The monoisotopic (exact) mass is 438 g/mol. The molecule has 1 aliphatic heterocycles. The molecular weight excluding hydrogens is 416 g/mol. The highest BCUT2D eigenvalue weighted by atomic mass is 35.5. The van der Waals surface area contributed by atoms with Gasteiger partial charge in [-0.25, -0.2) is 4.68 Å². The van der Waals surface area contributed by atoms with Crippen LogP contribution in [0.3, 0.4) is 0 Å². The molecule has 31 heavy (non-hydrogen) atoms. The lowest BCUT2D eigenvalue weighted by atomic mass is 10.0. The third-order valence-electron chi connectivity index (χ3n) is 5.46. The Hall–Kier alpha value is -3.15. The van der Waals surface area contributed by atoms with E-state index in [0.717, 1.165) is 36.1 Å². The Balaban J connectivity index is 1.54. The Kier molecular flexibility index (Phi) is 6.07. The molecule has 160 valence electrons. The van der Waals surface area contributed by atoms with E-state index >= 15 is 0 Å². The lowest BCUT2D eigenvalue weighted by Gasteiger charge is -2.22. The first-order chi connectivity index (χ1) is 15.0. The summed E-state index contributed by atoms with van der Waals surface area (Å²) in [6.45, 7) is 3.24. The van der Waals surface area contributed by atoms with Crippen LogP contribution in [-0.2, 0) is 11.3 Å². The van der Waals surface area contributed by atoms with Crippen LogP contribution in [0.25, 0.3) is 11.3 Å². The van der Waals surface area contributed by atoms with Crippen LogP contribution < -0.4 is 5.73 Å². The number of nitrogens with zero attached hydrogens (tertiary/aromatic N) is 5. The summed E-state index contributed by atoms with van der Waals surface area (Å²) in [6.07, 6.45) is 6.54. The van der Waals surface area contributed by atoms with E-state index in [4.69, 9.17) is 27.3 Å². The number of rotatable bonds is 6. The maximum absolute atomic E-state index is 12.0. The summed E-state index contributed by atoms with van der Waals surface area (Å²) in [5.74, 6) is -0.595. The van der Waals surface area contributed by atoms with Gasteiger partial charge in [0.25, 0.3) is 5.91 Å². The van der Waals surface area contributed by atoms with Crippen LogP contribution in [0.4, 0.5) is 0 Å². The number of nitrogens with two attached hydrogens (primary N) is 1. The number of ether oxygens (including phenoxy) is 1. The van der Waals surface area contributed by atoms with E-state index in [-0.39, 0.29) is 17.8 Å². The Labute approximate surface area is 185 Å².